The Bertz CT molecular complexity index is 881. The summed E-state index contributed by atoms with van der Waals surface area (Å²) in [4.78, 5) is 29.1. The van der Waals surface area contributed by atoms with Crippen LogP contribution in [0.15, 0.2) is 42.7 Å². The molecule has 1 aromatic carbocycles. The number of aromatic amines is 1. The number of carbonyl (C=O) groups excluding carboxylic acids is 1. The molecule has 1 saturated heterocycles. The van der Waals surface area contributed by atoms with Gasteiger partial charge in [-0.25, -0.2) is 9.97 Å². The number of nitrogens with one attached hydrogen (secondary N) is 1. The molecule has 1 fully saturated rings. The van der Waals surface area contributed by atoms with E-state index in [-0.39, 0.29) is 5.78 Å². The first-order chi connectivity index (χ1) is 12.2. The number of hydrogen-bond acceptors (Lipinski definition) is 5. The number of benzene rings is 1. The van der Waals surface area contributed by atoms with E-state index in [1.165, 1.54) is 0 Å². The predicted octanol–water partition coefficient (Wildman–Crippen LogP) is 2.27. The van der Waals surface area contributed by atoms with E-state index in [0.29, 0.717) is 6.54 Å². The smallest absolute Gasteiger partial charge is 0.225 e. The van der Waals surface area contributed by atoms with Gasteiger partial charge < -0.3 is 9.88 Å². The van der Waals surface area contributed by atoms with Crippen molar-refractivity contribution >= 4 is 22.6 Å². The zero-order valence-corrected chi connectivity index (χ0v) is 14.3. The number of H-pyrrole nitrogens is 1. The Morgan fingerprint density at radius 3 is 2.56 bits per heavy atom. The van der Waals surface area contributed by atoms with Gasteiger partial charge in [0.1, 0.15) is 0 Å². The maximum absolute atomic E-state index is 12.9. The molecule has 6 nitrogen and oxygen atoms in total. The molecule has 0 atom stereocenters. The van der Waals surface area contributed by atoms with Crippen LogP contribution in [0.2, 0.25) is 0 Å². The van der Waals surface area contributed by atoms with Crippen molar-refractivity contribution in [3.05, 3.63) is 54.0 Å². The summed E-state index contributed by atoms with van der Waals surface area (Å²) in [5.74, 6) is 0.945. The molecular formula is C19H21N5O. The number of ketones is 1. The first-order valence-electron chi connectivity index (χ1n) is 8.57. The third kappa shape index (κ3) is 3.13. The van der Waals surface area contributed by atoms with Crippen LogP contribution in [0.1, 0.15) is 16.1 Å². The molecule has 3 aromatic rings. The van der Waals surface area contributed by atoms with Crippen molar-refractivity contribution in [2.75, 3.05) is 37.6 Å². The molecule has 128 valence electrons. The van der Waals surface area contributed by atoms with Gasteiger partial charge in [-0.3, -0.25) is 9.69 Å². The number of aryl methyl sites for hydroxylation is 1. The molecule has 0 amide bonds. The van der Waals surface area contributed by atoms with Crippen LogP contribution in [-0.2, 0) is 0 Å². The monoisotopic (exact) mass is 335 g/mol. The van der Waals surface area contributed by atoms with E-state index in [2.05, 4.69) is 24.8 Å². The number of Topliss-reactive ketones (excluding diaryl/α,β-unsaturated/α-hetero) is 1. The van der Waals surface area contributed by atoms with Crippen LogP contribution in [0.25, 0.3) is 10.9 Å². The van der Waals surface area contributed by atoms with Crippen LogP contribution in [0.5, 0.6) is 0 Å². The van der Waals surface area contributed by atoms with Crippen LogP contribution in [0.3, 0.4) is 0 Å². The van der Waals surface area contributed by atoms with Crippen LogP contribution in [0, 0.1) is 6.92 Å². The number of hydrogen-bond donors (Lipinski definition) is 1. The van der Waals surface area contributed by atoms with Crippen molar-refractivity contribution in [3.8, 4) is 0 Å². The minimum atomic E-state index is 0.180. The zero-order chi connectivity index (χ0) is 17.2. The van der Waals surface area contributed by atoms with E-state index in [1.807, 2.05) is 37.3 Å². The van der Waals surface area contributed by atoms with Crippen molar-refractivity contribution in [1.82, 2.24) is 19.9 Å². The Labute approximate surface area is 146 Å². The van der Waals surface area contributed by atoms with Crippen molar-refractivity contribution in [3.63, 3.8) is 0 Å². The Balaban J connectivity index is 1.43. The van der Waals surface area contributed by atoms with Gasteiger partial charge in [0, 0.05) is 60.7 Å². The molecule has 1 aliphatic rings. The molecule has 25 heavy (non-hydrogen) atoms. The second-order valence-electron chi connectivity index (χ2n) is 6.41. The topological polar surface area (TPSA) is 65.1 Å². The lowest BCUT2D eigenvalue weighted by molar-refractivity contribution is 0.0927. The second kappa shape index (κ2) is 6.64. The summed E-state index contributed by atoms with van der Waals surface area (Å²) in [6.45, 7) is 5.77. The standard InChI is InChI=1S/C19H21N5O/c1-14-18(15-5-2-3-6-16(15)22-14)17(25)13-23-9-11-24(12-10-23)19-20-7-4-8-21-19/h2-8,22H,9-13H2,1H3. The normalized spacial score (nSPS) is 15.6. The van der Waals surface area contributed by atoms with E-state index in [4.69, 9.17) is 0 Å². The number of fused-ring (bicyclic) bond motifs is 1. The average Bonchev–Trinajstić information content (AvgIpc) is 2.99. The number of aromatic nitrogens is 3. The first-order valence-corrected chi connectivity index (χ1v) is 8.57. The fraction of sp³-hybridized carbons (Fsp3) is 0.316. The average molecular weight is 335 g/mol. The van der Waals surface area contributed by atoms with Crippen molar-refractivity contribution in [1.29, 1.82) is 0 Å². The lowest BCUT2D eigenvalue weighted by Crippen LogP contribution is -2.48. The maximum atomic E-state index is 12.9. The molecular weight excluding hydrogens is 314 g/mol. The highest BCUT2D eigenvalue weighted by molar-refractivity contribution is 6.10. The molecule has 0 spiro atoms. The van der Waals surface area contributed by atoms with Gasteiger partial charge in [0.15, 0.2) is 5.78 Å². The lowest BCUT2D eigenvalue weighted by Gasteiger charge is -2.34. The van der Waals surface area contributed by atoms with E-state index in [0.717, 1.165) is 54.3 Å². The zero-order valence-electron chi connectivity index (χ0n) is 14.3. The van der Waals surface area contributed by atoms with Crippen LogP contribution >= 0.6 is 0 Å². The molecule has 6 heteroatoms. The van der Waals surface area contributed by atoms with E-state index >= 15 is 0 Å². The largest absolute Gasteiger partial charge is 0.358 e. The van der Waals surface area contributed by atoms with Gasteiger partial charge in [-0.1, -0.05) is 18.2 Å². The number of anilines is 1. The quantitative estimate of drug-likeness (QED) is 0.741. The molecule has 4 rings (SSSR count). The molecule has 0 radical (unpaired) electrons. The van der Waals surface area contributed by atoms with Crippen molar-refractivity contribution < 1.29 is 4.79 Å². The summed E-state index contributed by atoms with van der Waals surface area (Å²) in [6, 6.07) is 9.80. The number of rotatable bonds is 4. The number of nitrogens with zero attached hydrogens (tertiary/aromatic N) is 4. The Morgan fingerprint density at radius 2 is 1.80 bits per heavy atom. The molecule has 2 aromatic heterocycles. The molecule has 1 aliphatic heterocycles. The van der Waals surface area contributed by atoms with Gasteiger partial charge >= 0.3 is 0 Å². The number of para-hydroxylation sites is 1. The van der Waals surface area contributed by atoms with E-state index in [1.54, 1.807) is 12.4 Å². The Morgan fingerprint density at radius 1 is 1.08 bits per heavy atom. The molecule has 0 aliphatic carbocycles. The Kier molecular flexibility index (Phi) is 4.19. The summed E-state index contributed by atoms with van der Waals surface area (Å²) in [5, 5.41) is 1.02. The molecule has 0 bridgehead atoms. The van der Waals surface area contributed by atoms with Gasteiger partial charge in [0.05, 0.1) is 6.54 Å². The minimum absolute atomic E-state index is 0.180. The maximum Gasteiger partial charge on any atom is 0.225 e. The molecule has 0 unspecified atom stereocenters. The molecule has 0 saturated carbocycles. The summed E-state index contributed by atoms with van der Waals surface area (Å²) in [5.41, 5.74) is 2.79. The third-order valence-electron chi connectivity index (χ3n) is 4.75. The highest BCUT2D eigenvalue weighted by atomic mass is 16.1. The summed E-state index contributed by atoms with van der Waals surface area (Å²) in [6.07, 6.45) is 3.52. The highest BCUT2D eigenvalue weighted by Gasteiger charge is 2.23. The van der Waals surface area contributed by atoms with Gasteiger partial charge in [-0.2, -0.15) is 0 Å². The summed E-state index contributed by atoms with van der Waals surface area (Å²) >= 11 is 0. The molecule has 3 heterocycles. The van der Waals surface area contributed by atoms with E-state index < -0.39 is 0 Å². The number of piperazine rings is 1. The van der Waals surface area contributed by atoms with Gasteiger partial charge in [-0.05, 0) is 19.1 Å². The van der Waals surface area contributed by atoms with E-state index in [9.17, 15) is 4.79 Å². The number of carbonyl (C=O) groups is 1. The fourth-order valence-corrected chi connectivity index (χ4v) is 3.48. The lowest BCUT2D eigenvalue weighted by atomic mass is 10.1. The first kappa shape index (κ1) is 15.8. The van der Waals surface area contributed by atoms with Gasteiger partial charge in [-0.15, -0.1) is 0 Å². The third-order valence-corrected chi connectivity index (χ3v) is 4.75. The molecule has 1 N–H and O–H groups in total. The van der Waals surface area contributed by atoms with Crippen LogP contribution < -0.4 is 4.90 Å². The van der Waals surface area contributed by atoms with Crippen molar-refractivity contribution in [2.24, 2.45) is 0 Å². The highest BCUT2D eigenvalue weighted by Crippen LogP contribution is 2.22. The van der Waals surface area contributed by atoms with Crippen LogP contribution in [0.4, 0.5) is 5.95 Å². The SMILES string of the molecule is Cc1[nH]c2ccccc2c1C(=O)CN1CCN(c2ncccn2)CC1. The van der Waals surface area contributed by atoms with Gasteiger partial charge in [0.2, 0.25) is 5.95 Å². The van der Waals surface area contributed by atoms with Crippen molar-refractivity contribution in [2.45, 2.75) is 6.92 Å². The van der Waals surface area contributed by atoms with Crippen LogP contribution in [-0.4, -0.2) is 58.4 Å². The Hall–Kier alpha value is -2.73. The minimum Gasteiger partial charge on any atom is -0.358 e. The second-order valence-corrected chi connectivity index (χ2v) is 6.41. The summed E-state index contributed by atoms with van der Waals surface area (Å²) in [7, 11) is 0. The predicted molar refractivity (Wildman–Crippen MR) is 98.1 cm³/mol. The summed E-state index contributed by atoms with van der Waals surface area (Å²) < 4.78 is 0. The fourth-order valence-electron chi connectivity index (χ4n) is 3.48. The van der Waals surface area contributed by atoms with Gasteiger partial charge in [0.25, 0.3) is 0 Å².